The van der Waals surface area contributed by atoms with Gasteiger partial charge < -0.3 is 5.11 Å². The van der Waals surface area contributed by atoms with Gasteiger partial charge in [0.2, 0.25) is 0 Å². The number of phenols is 1. The maximum Gasteiger partial charge on any atom is 0.409 e. The second kappa shape index (κ2) is 3.46. The fraction of sp³-hybridized carbons (Fsp3) is 0.250. The van der Waals surface area contributed by atoms with Crippen LogP contribution in [0.4, 0.5) is 13.2 Å². The van der Waals surface area contributed by atoms with Crippen molar-refractivity contribution in [3.63, 3.8) is 0 Å². The van der Waals surface area contributed by atoms with E-state index in [0.717, 1.165) is 12.1 Å². The van der Waals surface area contributed by atoms with Crippen molar-refractivity contribution in [1.29, 1.82) is 0 Å². The Morgan fingerprint density at radius 3 is 2.23 bits per heavy atom. The average molecular weight is 211 g/mol. The molecule has 0 aliphatic carbocycles. The van der Waals surface area contributed by atoms with Crippen LogP contribution in [0.5, 0.6) is 5.75 Å². The Labute approximate surface area is 77.8 Å². The van der Waals surface area contributed by atoms with E-state index in [-0.39, 0.29) is 5.56 Å². The lowest BCUT2D eigenvalue weighted by molar-refractivity contribution is -0.132. The summed E-state index contributed by atoms with van der Waals surface area (Å²) in [6, 6.07) is 5.12. The molecular formula is C8H6ClF3O. The number of hydrogen-bond donors (Lipinski definition) is 1. The predicted molar refractivity (Wildman–Crippen MR) is 42.8 cm³/mol. The monoisotopic (exact) mass is 210 g/mol. The average Bonchev–Trinajstić information content (AvgIpc) is 2.02. The minimum atomic E-state index is -4.54. The van der Waals surface area contributed by atoms with E-state index in [2.05, 4.69) is 0 Å². The smallest absolute Gasteiger partial charge is 0.409 e. The first-order valence-electron chi connectivity index (χ1n) is 3.41. The van der Waals surface area contributed by atoms with E-state index in [0.29, 0.717) is 0 Å². The van der Waals surface area contributed by atoms with Crippen molar-refractivity contribution >= 4 is 11.6 Å². The Hall–Kier alpha value is -0.900. The third-order valence-corrected chi connectivity index (χ3v) is 1.98. The number of hydrogen-bond acceptors (Lipinski definition) is 1. The molecule has 72 valence electrons. The van der Waals surface area contributed by atoms with Gasteiger partial charge in [-0.05, 0) is 6.07 Å². The number of alkyl halides is 4. The van der Waals surface area contributed by atoms with Gasteiger partial charge in [-0.25, -0.2) is 0 Å². The number of para-hydroxylation sites is 1. The molecule has 0 bridgehead atoms. The Balaban J connectivity index is 3.02. The first-order chi connectivity index (χ1) is 5.93. The van der Waals surface area contributed by atoms with Gasteiger partial charge in [-0.1, -0.05) is 18.2 Å². The second-order valence-corrected chi connectivity index (χ2v) is 2.90. The van der Waals surface area contributed by atoms with E-state index >= 15 is 0 Å². The van der Waals surface area contributed by atoms with E-state index in [1.54, 1.807) is 0 Å². The van der Waals surface area contributed by atoms with Crippen LogP contribution in [0.25, 0.3) is 0 Å². The van der Waals surface area contributed by atoms with Crippen molar-refractivity contribution in [2.45, 2.75) is 11.6 Å². The van der Waals surface area contributed by atoms with E-state index in [4.69, 9.17) is 16.7 Å². The third kappa shape index (κ3) is 2.28. The van der Waals surface area contributed by atoms with Gasteiger partial charge >= 0.3 is 6.18 Å². The SMILES string of the molecule is Oc1ccccc1C(Cl)C(F)(F)F. The van der Waals surface area contributed by atoms with E-state index in [1.807, 2.05) is 0 Å². The number of phenolic OH excluding ortho intramolecular Hbond substituents is 1. The Bertz CT molecular complexity index is 298. The zero-order valence-corrected chi connectivity index (χ0v) is 7.10. The minimum Gasteiger partial charge on any atom is -0.508 e. The van der Waals surface area contributed by atoms with Crippen molar-refractivity contribution in [2.24, 2.45) is 0 Å². The van der Waals surface area contributed by atoms with Crippen LogP contribution < -0.4 is 0 Å². The summed E-state index contributed by atoms with van der Waals surface area (Å²) in [5.41, 5.74) is -0.323. The molecule has 0 saturated carbocycles. The first-order valence-corrected chi connectivity index (χ1v) is 3.85. The maximum absolute atomic E-state index is 12.1. The molecule has 1 aromatic rings. The molecule has 0 amide bonds. The molecule has 0 fully saturated rings. The first kappa shape index (κ1) is 10.2. The molecule has 1 unspecified atom stereocenters. The van der Waals surface area contributed by atoms with Crippen LogP contribution >= 0.6 is 11.6 Å². The van der Waals surface area contributed by atoms with Crippen LogP contribution in [-0.2, 0) is 0 Å². The predicted octanol–water partition coefficient (Wildman–Crippen LogP) is 3.23. The lowest BCUT2D eigenvalue weighted by Crippen LogP contribution is -2.15. The Morgan fingerprint density at radius 2 is 1.77 bits per heavy atom. The lowest BCUT2D eigenvalue weighted by atomic mass is 10.1. The van der Waals surface area contributed by atoms with Gasteiger partial charge in [-0.15, -0.1) is 11.6 Å². The highest BCUT2D eigenvalue weighted by molar-refractivity contribution is 6.21. The second-order valence-electron chi connectivity index (χ2n) is 2.46. The Kier molecular flexibility index (Phi) is 2.71. The molecule has 1 N–H and O–H groups in total. The van der Waals surface area contributed by atoms with Gasteiger partial charge in [-0.3, -0.25) is 0 Å². The highest BCUT2D eigenvalue weighted by Crippen LogP contribution is 2.41. The molecule has 5 heteroatoms. The quantitative estimate of drug-likeness (QED) is 0.706. The zero-order valence-electron chi connectivity index (χ0n) is 6.35. The summed E-state index contributed by atoms with van der Waals surface area (Å²) in [6.07, 6.45) is -4.54. The topological polar surface area (TPSA) is 20.2 Å². The molecule has 1 rings (SSSR count). The van der Waals surface area contributed by atoms with Gasteiger partial charge in [0.25, 0.3) is 0 Å². The lowest BCUT2D eigenvalue weighted by Gasteiger charge is -2.14. The Morgan fingerprint density at radius 1 is 1.23 bits per heavy atom. The molecule has 1 atom stereocenters. The van der Waals surface area contributed by atoms with E-state index in [9.17, 15) is 13.2 Å². The summed E-state index contributed by atoms with van der Waals surface area (Å²) >= 11 is 5.10. The minimum absolute atomic E-state index is 0.323. The molecule has 0 aliphatic rings. The van der Waals surface area contributed by atoms with Crippen LogP contribution in [0.1, 0.15) is 10.9 Å². The molecule has 0 saturated heterocycles. The maximum atomic E-state index is 12.1. The molecule has 13 heavy (non-hydrogen) atoms. The fourth-order valence-electron chi connectivity index (χ4n) is 0.878. The van der Waals surface area contributed by atoms with Crippen LogP contribution in [0.15, 0.2) is 24.3 Å². The van der Waals surface area contributed by atoms with Crippen LogP contribution in [0.2, 0.25) is 0 Å². The number of rotatable bonds is 1. The van der Waals surface area contributed by atoms with Gasteiger partial charge in [0, 0.05) is 5.56 Å². The van der Waals surface area contributed by atoms with Crippen molar-refractivity contribution in [1.82, 2.24) is 0 Å². The summed E-state index contributed by atoms with van der Waals surface area (Å²) in [7, 11) is 0. The summed E-state index contributed by atoms with van der Waals surface area (Å²) in [5, 5.41) is 6.90. The zero-order chi connectivity index (χ0) is 10.1. The summed E-state index contributed by atoms with van der Waals surface area (Å²) in [6.45, 7) is 0. The largest absolute Gasteiger partial charge is 0.508 e. The van der Waals surface area contributed by atoms with Crippen molar-refractivity contribution in [3.8, 4) is 5.75 Å². The number of halogens is 4. The summed E-state index contributed by atoms with van der Waals surface area (Å²) in [4.78, 5) is 0. The summed E-state index contributed by atoms with van der Waals surface area (Å²) in [5.74, 6) is -0.445. The summed E-state index contributed by atoms with van der Waals surface area (Å²) < 4.78 is 36.2. The van der Waals surface area contributed by atoms with Gasteiger partial charge in [0.15, 0.2) is 5.38 Å². The van der Waals surface area contributed by atoms with E-state index in [1.165, 1.54) is 12.1 Å². The molecule has 0 aromatic heterocycles. The molecule has 1 nitrogen and oxygen atoms in total. The molecule has 0 heterocycles. The van der Waals surface area contributed by atoms with Crippen LogP contribution in [0.3, 0.4) is 0 Å². The standard InChI is InChI=1S/C8H6ClF3O/c9-7(8(10,11)12)5-3-1-2-4-6(5)13/h1-4,7,13H. The highest BCUT2D eigenvalue weighted by atomic mass is 35.5. The molecular weight excluding hydrogens is 205 g/mol. The fourth-order valence-corrected chi connectivity index (χ4v) is 1.06. The van der Waals surface area contributed by atoms with Crippen molar-refractivity contribution < 1.29 is 18.3 Å². The number of aromatic hydroxyl groups is 1. The van der Waals surface area contributed by atoms with Gasteiger partial charge in [0.05, 0.1) is 0 Å². The van der Waals surface area contributed by atoms with Crippen molar-refractivity contribution in [3.05, 3.63) is 29.8 Å². The van der Waals surface area contributed by atoms with E-state index < -0.39 is 17.3 Å². The molecule has 0 radical (unpaired) electrons. The van der Waals surface area contributed by atoms with Gasteiger partial charge in [0.1, 0.15) is 5.75 Å². The van der Waals surface area contributed by atoms with Gasteiger partial charge in [-0.2, -0.15) is 13.2 Å². The third-order valence-electron chi connectivity index (χ3n) is 1.50. The molecule has 0 aliphatic heterocycles. The van der Waals surface area contributed by atoms with Crippen LogP contribution in [0, 0.1) is 0 Å². The van der Waals surface area contributed by atoms with Crippen LogP contribution in [-0.4, -0.2) is 11.3 Å². The van der Waals surface area contributed by atoms with Crippen molar-refractivity contribution in [2.75, 3.05) is 0 Å². The number of benzene rings is 1. The normalized spacial score (nSPS) is 14.2. The molecule has 1 aromatic carbocycles. The highest BCUT2D eigenvalue weighted by Gasteiger charge is 2.40. The molecule has 0 spiro atoms.